The smallest absolute Gasteiger partial charge is 0.202 e. The number of hydrogen-bond acceptors (Lipinski definition) is 2. The molecule has 1 fully saturated rings. The second-order valence-electron chi connectivity index (χ2n) is 5.44. The Kier molecular flexibility index (Phi) is 7.87. The molecule has 1 heterocycles. The molecular weight excluding hydrogens is 328 g/mol. The molecule has 0 aromatic rings. The van der Waals surface area contributed by atoms with Gasteiger partial charge in [-0.25, -0.2) is 4.72 Å². The summed E-state index contributed by atoms with van der Waals surface area (Å²) < 4.78 is 29.1. The van der Waals surface area contributed by atoms with Gasteiger partial charge in [-0.2, -0.15) is 12.7 Å². The molecule has 2 atom stereocenters. The zero-order valence-corrected chi connectivity index (χ0v) is 14.5. The van der Waals surface area contributed by atoms with Crippen LogP contribution in [0.15, 0.2) is 0 Å². The molecule has 4 nitrogen and oxygen atoms in total. The normalized spacial score (nSPS) is 23.4. The Bertz CT molecular complexity index is 343. The number of rotatable bonds is 8. The third kappa shape index (κ3) is 5.69. The first-order valence-corrected chi connectivity index (χ1v) is 9.89. The van der Waals surface area contributed by atoms with Gasteiger partial charge in [-0.15, -0.1) is 0 Å². The van der Waals surface area contributed by atoms with Crippen molar-refractivity contribution in [3.63, 3.8) is 0 Å². The number of nitrogens with zero attached hydrogens (tertiary/aromatic N) is 1. The van der Waals surface area contributed by atoms with Crippen molar-refractivity contribution in [1.82, 2.24) is 9.03 Å². The van der Waals surface area contributed by atoms with Gasteiger partial charge in [-0.1, -0.05) is 35.7 Å². The average Bonchev–Trinajstić information content (AvgIpc) is 2.37. The van der Waals surface area contributed by atoms with E-state index >= 15 is 0 Å². The number of piperidine rings is 1. The summed E-state index contributed by atoms with van der Waals surface area (Å²) in [5, 5.41) is 0.930. The van der Waals surface area contributed by atoms with Crippen LogP contribution in [0, 0.1) is 5.92 Å². The lowest BCUT2D eigenvalue weighted by Gasteiger charge is -2.32. The molecule has 6 heteroatoms. The lowest BCUT2D eigenvalue weighted by molar-refractivity contribution is 0.264. The van der Waals surface area contributed by atoms with Gasteiger partial charge in [-0.05, 0) is 38.5 Å². The first-order valence-electron chi connectivity index (χ1n) is 7.33. The van der Waals surface area contributed by atoms with Crippen LogP contribution in [-0.2, 0) is 10.2 Å². The molecule has 0 saturated carbocycles. The van der Waals surface area contributed by atoms with Crippen LogP contribution in [0.4, 0.5) is 0 Å². The van der Waals surface area contributed by atoms with Gasteiger partial charge >= 0.3 is 0 Å². The van der Waals surface area contributed by atoms with Gasteiger partial charge in [0.1, 0.15) is 0 Å². The van der Waals surface area contributed by atoms with Crippen molar-refractivity contribution in [2.45, 2.75) is 58.4 Å². The fourth-order valence-electron chi connectivity index (χ4n) is 2.65. The van der Waals surface area contributed by atoms with Crippen LogP contribution in [0.2, 0.25) is 0 Å². The van der Waals surface area contributed by atoms with Crippen molar-refractivity contribution < 1.29 is 8.42 Å². The average molecular weight is 355 g/mol. The van der Waals surface area contributed by atoms with E-state index in [2.05, 4.69) is 27.6 Å². The van der Waals surface area contributed by atoms with Gasteiger partial charge in [0.25, 0.3) is 10.2 Å². The summed E-state index contributed by atoms with van der Waals surface area (Å²) >= 11 is 3.44. The molecular formula is C13H27BrN2O2S. The minimum atomic E-state index is -3.30. The Balaban J connectivity index is 2.53. The Hall–Kier alpha value is 0.350. The molecule has 0 aromatic carbocycles. The summed E-state index contributed by atoms with van der Waals surface area (Å²) in [6.45, 7) is 5.36. The summed E-state index contributed by atoms with van der Waals surface area (Å²) in [7, 11) is -3.30. The molecule has 1 saturated heterocycles. The van der Waals surface area contributed by atoms with E-state index in [1.54, 1.807) is 4.31 Å². The monoisotopic (exact) mass is 354 g/mol. The molecule has 0 bridgehead atoms. The van der Waals surface area contributed by atoms with E-state index in [-0.39, 0.29) is 6.04 Å². The molecule has 0 radical (unpaired) electrons. The number of alkyl halides is 1. The molecule has 1 aliphatic rings. The Morgan fingerprint density at radius 3 is 2.68 bits per heavy atom. The Morgan fingerprint density at radius 1 is 1.37 bits per heavy atom. The number of hydrogen-bond donors (Lipinski definition) is 1. The van der Waals surface area contributed by atoms with Crippen molar-refractivity contribution in [1.29, 1.82) is 0 Å². The van der Waals surface area contributed by atoms with Gasteiger partial charge in [0.05, 0.1) is 0 Å². The van der Waals surface area contributed by atoms with Gasteiger partial charge < -0.3 is 0 Å². The highest BCUT2D eigenvalue weighted by Gasteiger charge is 2.29. The fourth-order valence-corrected chi connectivity index (χ4v) is 4.85. The maximum Gasteiger partial charge on any atom is 0.279 e. The molecule has 114 valence electrons. The molecule has 2 unspecified atom stereocenters. The van der Waals surface area contributed by atoms with E-state index in [1.165, 1.54) is 0 Å². The highest BCUT2D eigenvalue weighted by molar-refractivity contribution is 9.09. The van der Waals surface area contributed by atoms with E-state index in [4.69, 9.17) is 0 Å². The molecule has 19 heavy (non-hydrogen) atoms. The molecule has 1 N–H and O–H groups in total. The van der Waals surface area contributed by atoms with Crippen LogP contribution in [-0.4, -0.2) is 37.2 Å². The lowest BCUT2D eigenvalue weighted by atomic mass is 10.0. The minimum Gasteiger partial charge on any atom is -0.202 e. The fraction of sp³-hybridized carbons (Fsp3) is 1.00. The second kappa shape index (κ2) is 8.60. The summed E-state index contributed by atoms with van der Waals surface area (Å²) in [6, 6.07) is 0.132. The lowest BCUT2D eigenvalue weighted by Crippen LogP contribution is -2.48. The number of nitrogens with one attached hydrogen (secondary N) is 1. The van der Waals surface area contributed by atoms with Crippen molar-refractivity contribution in [3.8, 4) is 0 Å². The zero-order chi connectivity index (χ0) is 14.3. The van der Waals surface area contributed by atoms with Crippen molar-refractivity contribution in [2.24, 2.45) is 5.92 Å². The van der Waals surface area contributed by atoms with E-state index in [9.17, 15) is 8.42 Å². The Morgan fingerprint density at radius 2 is 2.11 bits per heavy atom. The zero-order valence-electron chi connectivity index (χ0n) is 12.1. The van der Waals surface area contributed by atoms with Crippen molar-refractivity contribution >= 4 is 26.1 Å². The largest absolute Gasteiger partial charge is 0.279 e. The summed E-state index contributed by atoms with van der Waals surface area (Å²) in [4.78, 5) is 0. The van der Waals surface area contributed by atoms with Crippen LogP contribution in [0.25, 0.3) is 0 Å². The van der Waals surface area contributed by atoms with E-state index in [1.807, 2.05) is 6.92 Å². The van der Waals surface area contributed by atoms with E-state index < -0.39 is 10.2 Å². The topological polar surface area (TPSA) is 49.4 Å². The van der Waals surface area contributed by atoms with Crippen LogP contribution in [0.1, 0.15) is 52.4 Å². The molecule has 1 aliphatic heterocycles. The summed E-state index contributed by atoms with van der Waals surface area (Å²) in [6.07, 6.45) is 6.27. The SMILES string of the molecule is CCCC(CCBr)CNS(=O)(=O)N1CCCCC1C. The first kappa shape index (κ1) is 17.4. The highest BCUT2D eigenvalue weighted by Crippen LogP contribution is 2.19. The highest BCUT2D eigenvalue weighted by atomic mass is 79.9. The van der Waals surface area contributed by atoms with E-state index in [0.717, 1.165) is 43.9 Å². The predicted molar refractivity (Wildman–Crippen MR) is 83.8 cm³/mol. The quantitative estimate of drug-likeness (QED) is 0.681. The van der Waals surface area contributed by atoms with E-state index in [0.29, 0.717) is 19.0 Å². The van der Waals surface area contributed by atoms with Gasteiger partial charge in [0, 0.05) is 24.5 Å². The van der Waals surface area contributed by atoms with Crippen LogP contribution < -0.4 is 4.72 Å². The standard InChI is InChI=1S/C13H27BrN2O2S/c1-3-6-13(8-9-14)11-15-19(17,18)16-10-5-4-7-12(16)2/h12-13,15H,3-11H2,1-2H3. The van der Waals surface area contributed by atoms with Crippen LogP contribution in [0.3, 0.4) is 0 Å². The molecule has 0 aliphatic carbocycles. The second-order valence-corrected chi connectivity index (χ2v) is 7.94. The summed E-state index contributed by atoms with van der Waals surface area (Å²) in [5.41, 5.74) is 0. The van der Waals surface area contributed by atoms with Crippen molar-refractivity contribution in [2.75, 3.05) is 18.4 Å². The third-order valence-electron chi connectivity index (χ3n) is 3.82. The molecule has 0 amide bonds. The maximum absolute atomic E-state index is 12.3. The van der Waals surface area contributed by atoms with Crippen LogP contribution >= 0.6 is 15.9 Å². The Labute approximate surface area is 126 Å². The minimum absolute atomic E-state index is 0.132. The molecule has 0 aromatic heterocycles. The predicted octanol–water partition coefficient (Wildman–Crippen LogP) is 2.90. The maximum atomic E-state index is 12.3. The van der Waals surface area contributed by atoms with Gasteiger partial charge in [0.15, 0.2) is 0 Å². The third-order valence-corrected chi connectivity index (χ3v) is 5.97. The first-order chi connectivity index (χ1) is 9.01. The summed E-state index contributed by atoms with van der Waals surface area (Å²) in [5.74, 6) is 0.430. The molecule has 1 rings (SSSR count). The number of halogens is 1. The van der Waals surface area contributed by atoms with Gasteiger partial charge in [-0.3, -0.25) is 0 Å². The van der Waals surface area contributed by atoms with Crippen LogP contribution in [0.5, 0.6) is 0 Å². The molecule has 0 spiro atoms. The van der Waals surface area contributed by atoms with Gasteiger partial charge in [0.2, 0.25) is 0 Å². The van der Waals surface area contributed by atoms with Crippen molar-refractivity contribution in [3.05, 3.63) is 0 Å².